The predicted molar refractivity (Wildman–Crippen MR) is 39.5 cm³/mol. The molecule has 0 saturated heterocycles. The highest BCUT2D eigenvalue weighted by Crippen LogP contribution is 2.03. The van der Waals surface area contributed by atoms with Crippen molar-refractivity contribution in [3.05, 3.63) is 21.8 Å². The van der Waals surface area contributed by atoms with E-state index in [1.54, 1.807) is 12.5 Å². The van der Waals surface area contributed by atoms with E-state index < -0.39 is 0 Å². The van der Waals surface area contributed by atoms with Gasteiger partial charge in [-0.1, -0.05) is 0 Å². The molecule has 0 N–H and O–H groups in total. The van der Waals surface area contributed by atoms with Crippen LogP contribution in [0, 0.1) is 10.5 Å². The van der Waals surface area contributed by atoms with Gasteiger partial charge in [-0.2, -0.15) is 0 Å². The van der Waals surface area contributed by atoms with Crippen LogP contribution in [0.2, 0.25) is 0 Å². The van der Waals surface area contributed by atoms with Crippen molar-refractivity contribution in [2.24, 2.45) is 0 Å². The van der Waals surface area contributed by atoms with Crippen molar-refractivity contribution in [3.8, 4) is 0 Å². The normalized spacial score (nSPS) is 9.25. The van der Waals surface area contributed by atoms with Crippen molar-refractivity contribution in [3.63, 3.8) is 0 Å². The van der Waals surface area contributed by atoms with Crippen LogP contribution in [-0.2, 0) is 0 Å². The number of nitrogens with zero attached hydrogens (tertiary/aromatic N) is 2. The molecule has 42 valence electrons. The first-order valence-corrected chi connectivity index (χ1v) is 3.30. The molecule has 0 atom stereocenters. The Balaban J connectivity index is 3.13. The van der Waals surface area contributed by atoms with Gasteiger partial charge in [0.2, 0.25) is 0 Å². The lowest BCUT2D eigenvalue weighted by molar-refractivity contribution is 1.08. The van der Waals surface area contributed by atoms with Crippen molar-refractivity contribution >= 4 is 22.6 Å². The molecule has 0 radical (unpaired) electrons. The van der Waals surface area contributed by atoms with Crippen molar-refractivity contribution in [1.82, 2.24) is 9.97 Å². The molecule has 8 heavy (non-hydrogen) atoms. The Labute approximate surface area is 61.5 Å². The summed E-state index contributed by atoms with van der Waals surface area (Å²) in [6.45, 7) is 1.96. The van der Waals surface area contributed by atoms with Gasteiger partial charge in [-0.15, -0.1) is 0 Å². The van der Waals surface area contributed by atoms with E-state index in [-0.39, 0.29) is 0 Å². The van der Waals surface area contributed by atoms with Crippen LogP contribution in [0.25, 0.3) is 0 Å². The Morgan fingerprint density at radius 1 is 1.62 bits per heavy atom. The molecular formula is C5H5IN2. The van der Waals surface area contributed by atoms with Crippen LogP contribution in [-0.4, -0.2) is 9.97 Å². The molecule has 1 rings (SSSR count). The first-order valence-electron chi connectivity index (χ1n) is 2.23. The maximum absolute atomic E-state index is 3.96. The Hall–Kier alpha value is -0.190. The SMILES string of the molecule is Cc1ncncc1I. The largest absolute Gasteiger partial charge is 0.244 e. The standard InChI is InChI=1S/C5H5IN2/c1-4-5(6)2-7-3-8-4/h2-3H,1H3. The monoisotopic (exact) mass is 220 g/mol. The van der Waals surface area contributed by atoms with E-state index in [4.69, 9.17) is 0 Å². The topological polar surface area (TPSA) is 25.8 Å². The molecule has 0 fully saturated rings. The number of hydrogen-bond donors (Lipinski definition) is 0. The van der Waals surface area contributed by atoms with Gasteiger partial charge in [-0.05, 0) is 29.5 Å². The van der Waals surface area contributed by atoms with Crippen LogP contribution in [0.4, 0.5) is 0 Å². The number of hydrogen-bond acceptors (Lipinski definition) is 2. The first-order chi connectivity index (χ1) is 3.80. The molecule has 0 aromatic carbocycles. The Bertz CT molecular complexity index is 167. The average Bonchev–Trinajstić information content (AvgIpc) is 1.77. The molecule has 2 nitrogen and oxygen atoms in total. The van der Waals surface area contributed by atoms with Gasteiger partial charge in [-0.25, -0.2) is 9.97 Å². The van der Waals surface area contributed by atoms with Gasteiger partial charge in [-0.3, -0.25) is 0 Å². The van der Waals surface area contributed by atoms with E-state index in [9.17, 15) is 0 Å². The van der Waals surface area contributed by atoms with Crippen molar-refractivity contribution in [2.75, 3.05) is 0 Å². The van der Waals surface area contributed by atoms with Crippen molar-refractivity contribution < 1.29 is 0 Å². The first kappa shape index (κ1) is 5.94. The Morgan fingerprint density at radius 3 is 2.75 bits per heavy atom. The zero-order chi connectivity index (χ0) is 5.98. The van der Waals surface area contributed by atoms with Gasteiger partial charge < -0.3 is 0 Å². The van der Waals surface area contributed by atoms with E-state index >= 15 is 0 Å². The van der Waals surface area contributed by atoms with Crippen LogP contribution >= 0.6 is 22.6 Å². The molecule has 1 heterocycles. The summed E-state index contributed by atoms with van der Waals surface area (Å²) in [6, 6.07) is 0. The molecule has 0 aliphatic heterocycles. The fourth-order valence-corrected chi connectivity index (χ4v) is 0.674. The highest BCUT2D eigenvalue weighted by molar-refractivity contribution is 14.1. The highest BCUT2D eigenvalue weighted by atomic mass is 127. The fourth-order valence-electron chi connectivity index (χ4n) is 0.374. The molecule has 0 aliphatic rings. The molecule has 0 spiro atoms. The Kier molecular flexibility index (Phi) is 1.77. The van der Waals surface area contributed by atoms with Gasteiger partial charge in [0.15, 0.2) is 0 Å². The van der Waals surface area contributed by atoms with E-state index in [1.807, 2.05) is 6.92 Å². The highest BCUT2D eigenvalue weighted by Gasteiger charge is 1.88. The quantitative estimate of drug-likeness (QED) is 0.617. The third-order valence-corrected chi connectivity index (χ3v) is 1.91. The number of aryl methyl sites for hydroxylation is 1. The minimum Gasteiger partial charge on any atom is -0.244 e. The maximum atomic E-state index is 3.96. The summed E-state index contributed by atoms with van der Waals surface area (Å²) >= 11 is 2.20. The lowest BCUT2D eigenvalue weighted by Gasteiger charge is -1.89. The number of halogens is 1. The van der Waals surface area contributed by atoms with E-state index in [2.05, 4.69) is 32.6 Å². The van der Waals surface area contributed by atoms with Crippen LogP contribution in [0.1, 0.15) is 5.69 Å². The molecule has 0 amide bonds. The lowest BCUT2D eigenvalue weighted by atomic mass is 10.5. The summed E-state index contributed by atoms with van der Waals surface area (Å²) in [4.78, 5) is 7.79. The second-order valence-corrected chi connectivity index (χ2v) is 2.62. The summed E-state index contributed by atoms with van der Waals surface area (Å²) in [6.07, 6.45) is 3.35. The maximum Gasteiger partial charge on any atom is 0.115 e. The number of rotatable bonds is 0. The van der Waals surface area contributed by atoms with Crippen LogP contribution in [0.5, 0.6) is 0 Å². The number of aromatic nitrogens is 2. The van der Waals surface area contributed by atoms with Crippen molar-refractivity contribution in [1.29, 1.82) is 0 Å². The second kappa shape index (κ2) is 2.39. The van der Waals surface area contributed by atoms with Crippen LogP contribution < -0.4 is 0 Å². The van der Waals surface area contributed by atoms with E-state index in [0.29, 0.717) is 0 Å². The molecule has 0 unspecified atom stereocenters. The van der Waals surface area contributed by atoms with Gasteiger partial charge in [0.05, 0.1) is 9.26 Å². The van der Waals surface area contributed by atoms with E-state index in [1.165, 1.54) is 0 Å². The molecular weight excluding hydrogens is 215 g/mol. The minimum absolute atomic E-state index is 1.04. The zero-order valence-corrected chi connectivity index (χ0v) is 6.58. The summed E-state index contributed by atoms with van der Waals surface area (Å²) in [5, 5.41) is 0. The smallest absolute Gasteiger partial charge is 0.115 e. The summed E-state index contributed by atoms with van der Waals surface area (Å²) < 4.78 is 1.12. The fraction of sp³-hybridized carbons (Fsp3) is 0.200. The molecule has 0 bridgehead atoms. The lowest BCUT2D eigenvalue weighted by Crippen LogP contribution is -1.85. The van der Waals surface area contributed by atoms with Gasteiger partial charge >= 0.3 is 0 Å². The van der Waals surface area contributed by atoms with Gasteiger partial charge in [0.1, 0.15) is 6.33 Å². The summed E-state index contributed by atoms with van der Waals surface area (Å²) in [5.41, 5.74) is 1.04. The summed E-state index contributed by atoms with van der Waals surface area (Å²) in [7, 11) is 0. The summed E-state index contributed by atoms with van der Waals surface area (Å²) in [5.74, 6) is 0. The van der Waals surface area contributed by atoms with Gasteiger partial charge in [0.25, 0.3) is 0 Å². The zero-order valence-electron chi connectivity index (χ0n) is 4.43. The third kappa shape index (κ3) is 1.15. The minimum atomic E-state index is 1.04. The molecule has 0 aliphatic carbocycles. The predicted octanol–water partition coefficient (Wildman–Crippen LogP) is 1.39. The molecule has 0 saturated carbocycles. The third-order valence-electron chi connectivity index (χ3n) is 0.852. The Morgan fingerprint density at radius 2 is 2.38 bits per heavy atom. The van der Waals surface area contributed by atoms with Crippen molar-refractivity contribution in [2.45, 2.75) is 6.92 Å². The van der Waals surface area contributed by atoms with E-state index in [0.717, 1.165) is 9.26 Å². The van der Waals surface area contributed by atoms with Crippen LogP contribution in [0.3, 0.4) is 0 Å². The molecule has 1 aromatic rings. The molecule has 1 aromatic heterocycles. The van der Waals surface area contributed by atoms with Crippen LogP contribution in [0.15, 0.2) is 12.5 Å². The van der Waals surface area contributed by atoms with Gasteiger partial charge in [0, 0.05) is 6.20 Å². The average molecular weight is 220 g/mol. The molecule has 3 heteroatoms. The second-order valence-electron chi connectivity index (χ2n) is 1.46.